The molecule has 0 spiro atoms. The van der Waals surface area contributed by atoms with Crippen molar-refractivity contribution in [2.45, 2.75) is 36.2 Å². The summed E-state index contributed by atoms with van der Waals surface area (Å²) in [5, 5.41) is 12.4. The average molecular weight is 296 g/mol. The minimum Gasteiger partial charge on any atom is -0.339 e. The summed E-state index contributed by atoms with van der Waals surface area (Å²) in [6.45, 7) is 5.46. The fraction of sp³-hybridized carbons (Fsp3) is 0.833. The van der Waals surface area contributed by atoms with Crippen molar-refractivity contribution in [3.63, 3.8) is 0 Å². The van der Waals surface area contributed by atoms with E-state index in [1.165, 1.54) is 11.8 Å². The maximum atomic E-state index is 12.4. The van der Waals surface area contributed by atoms with Gasteiger partial charge >= 0.3 is 0 Å². The van der Waals surface area contributed by atoms with E-state index in [4.69, 9.17) is 0 Å². The van der Waals surface area contributed by atoms with Crippen LogP contribution >= 0.6 is 11.8 Å². The quantitative estimate of drug-likeness (QED) is 0.743. The molecule has 0 N–H and O–H groups in total. The Morgan fingerprint density at radius 3 is 2.65 bits per heavy atom. The molecule has 1 aromatic heterocycles. The van der Waals surface area contributed by atoms with E-state index < -0.39 is 0 Å². The summed E-state index contributed by atoms with van der Waals surface area (Å²) in [6.07, 6.45) is 2.28. The van der Waals surface area contributed by atoms with E-state index in [2.05, 4.69) is 27.5 Å². The van der Waals surface area contributed by atoms with Crippen LogP contribution in [0.1, 0.15) is 25.8 Å². The van der Waals surface area contributed by atoms with Gasteiger partial charge in [0.05, 0.1) is 11.3 Å². The minimum atomic E-state index is -0.137. The van der Waals surface area contributed by atoms with Crippen LogP contribution in [0.25, 0.3) is 0 Å². The zero-order valence-corrected chi connectivity index (χ0v) is 12.7. The minimum absolute atomic E-state index is 0.137. The zero-order chi connectivity index (χ0) is 14.1. The normalized spacial score (nSPS) is 22.0. The third-order valence-corrected chi connectivity index (χ3v) is 4.83. The lowest BCUT2D eigenvalue weighted by atomic mass is 10.3. The highest BCUT2D eigenvalue weighted by atomic mass is 32.2. The maximum Gasteiger partial charge on any atom is 0.235 e. The van der Waals surface area contributed by atoms with Gasteiger partial charge in [0.2, 0.25) is 11.1 Å². The number of tetrazole rings is 1. The second-order valence-electron chi connectivity index (χ2n) is 5.53. The molecule has 7 nitrogen and oxygen atoms in total. The first-order valence-electron chi connectivity index (χ1n) is 7.07. The molecule has 0 radical (unpaired) electrons. The number of thioether (sulfide) groups is 1. The van der Waals surface area contributed by atoms with Crippen molar-refractivity contribution >= 4 is 17.7 Å². The summed E-state index contributed by atoms with van der Waals surface area (Å²) >= 11 is 1.47. The number of hydrogen-bond donors (Lipinski definition) is 0. The summed E-state index contributed by atoms with van der Waals surface area (Å²) in [7, 11) is 2.09. The lowest BCUT2D eigenvalue weighted by molar-refractivity contribution is -0.131. The van der Waals surface area contributed by atoms with E-state index in [0.717, 1.165) is 44.2 Å². The molecule has 1 saturated carbocycles. The number of carbonyl (C=O) groups is 1. The van der Waals surface area contributed by atoms with E-state index in [1.807, 2.05) is 16.5 Å². The molecule has 1 unspecified atom stereocenters. The molecule has 1 amide bonds. The maximum absolute atomic E-state index is 12.4. The molecule has 20 heavy (non-hydrogen) atoms. The van der Waals surface area contributed by atoms with Gasteiger partial charge in [-0.3, -0.25) is 4.79 Å². The first-order valence-corrected chi connectivity index (χ1v) is 7.95. The van der Waals surface area contributed by atoms with E-state index >= 15 is 0 Å². The van der Waals surface area contributed by atoms with Gasteiger partial charge in [0.1, 0.15) is 0 Å². The molecule has 2 heterocycles. The van der Waals surface area contributed by atoms with E-state index in [1.54, 1.807) is 0 Å². The first kappa shape index (κ1) is 13.8. The van der Waals surface area contributed by atoms with Crippen molar-refractivity contribution < 1.29 is 4.79 Å². The molecule has 1 aromatic rings. The van der Waals surface area contributed by atoms with Crippen molar-refractivity contribution in [2.24, 2.45) is 0 Å². The van der Waals surface area contributed by atoms with Gasteiger partial charge in [-0.05, 0) is 37.2 Å². The number of nitrogens with zero attached hydrogens (tertiary/aromatic N) is 6. The van der Waals surface area contributed by atoms with Crippen LogP contribution in [0.3, 0.4) is 0 Å². The molecule has 0 aromatic carbocycles. The SMILES string of the molecule is CC(Sc1nnnn1C1CC1)C(=O)N1CCN(C)CC1. The van der Waals surface area contributed by atoms with Crippen LogP contribution in [0.5, 0.6) is 0 Å². The molecule has 1 saturated heterocycles. The highest BCUT2D eigenvalue weighted by Gasteiger charge is 2.30. The second-order valence-corrected chi connectivity index (χ2v) is 6.83. The van der Waals surface area contributed by atoms with E-state index in [0.29, 0.717) is 6.04 Å². The van der Waals surface area contributed by atoms with Crippen molar-refractivity contribution in [3.8, 4) is 0 Å². The first-order chi connectivity index (χ1) is 9.65. The van der Waals surface area contributed by atoms with Crippen LogP contribution in [-0.4, -0.2) is 74.4 Å². The van der Waals surface area contributed by atoms with Crippen LogP contribution in [0, 0.1) is 0 Å². The lowest BCUT2D eigenvalue weighted by Gasteiger charge is -2.33. The molecule has 0 bridgehead atoms. The van der Waals surface area contributed by atoms with Gasteiger partial charge < -0.3 is 9.80 Å². The number of carbonyl (C=O) groups excluding carboxylic acids is 1. The molecule has 8 heteroatoms. The van der Waals surface area contributed by atoms with Crippen LogP contribution in [0.15, 0.2) is 5.16 Å². The van der Waals surface area contributed by atoms with Crippen molar-refractivity contribution in [1.29, 1.82) is 0 Å². The Balaban J connectivity index is 1.59. The fourth-order valence-corrected chi connectivity index (χ4v) is 3.25. The molecule has 3 rings (SSSR count). The van der Waals surface area contributed by atoms with Crippen LogP contribution in [0.4, 0.5) is 0 Å². The van der Waals surface area contributed by atoms with E-state index in [9.17, 15) is 4.79 Å². The molecular weight excluding hydrogens is 276 g/mol. The standard InChI is InChI=1S/C12H20N6OS/c1-9(11(19)17-7-5-16(2)6-8-17)20-12-13-14-15-18(12)10-3-4-10/h9-10H,3-8H2,1-2H3. The summed E-state index contributed by atoms with van der Waals surface area (Å²) in [5.74, 6) is 0.188. The van der Waals surface area contributed by atoms with Crippen LogP contribution < -0.4 is 0 Å². The molecule has 1 aliphatic carbocycles. The Hall–Kier alpha value is -1.15. The Morgan fingerprint density at radius 2 is 2.00 bits per heavy atom. The second kappa shape index (κ2) is 5.69. The summed E-state index contributed by atoms with van der Waals surface area (Å²) in [5.41, 5.74) is 0. The molecule has 2 aliphatic rings. The van der Waals surface area contributed by atoms with Gasteiger partial charge in [0.25, 0.3) is 0 Å². The topological polar surface area (TPSA) is 67.2 Å². The summed E-state index contributed by atoms with van der Waals surface area (Å²) in [6, 6.07) is 0.443. The Labute approximate surface area is 122 Å². The van der Waals surface area contributed by atoms with Crippen molar-refractivity contribution in [1.82, 2.24) is 30.0 Å². The molecule has 110 valence electrons. The van der Waals surface area contributed by atoms with Gasteiger partial charge in [-0.1, -0.05) is 11.8 Å². The van der Waals surface area contributed by atoms with Gasteiger partial charge in [-0.15, -0.1) is 5.10 Å². The third-order valence-electron chi connectivity index (χ3n) is 3.80. The fourth-order valence-electron chi connectivity index (χ4n) is 2.30. The van der Waals surface area contributed by atoms with Crippen LogP contribution in [0.2, 0.25) is 0 Å². The monoisotopic (exact) mass is 296 g/mol. The Bertz CT molecular complexity index is 480. The lowest BCUT2D eigenvalue weighted by Crippen LogP contribution is -2.49. The summed E-state index contributed by atoms with van der Waals surface area (Å²) < 4.78 is 1.86. The van der Waals surface area contributed by atoms with Gasteiger partial charge in [0, 0.05) is 26.2 Å². The number of likely N-dealkylation sites (N-methyl/N-ethyl adjacent to an activating group) is 1. The number of piperazine rings is 1. The number of amides is 1. The number of rotatable bonds is 4. The highest BCUT2D eigenvalue weighted by Crippen LogP contribution is 2.37. The van der Waals surface area contributed by atoms with Crippen molar-refractivity contribution in [2.75, 3.05) is 33.2 Å². The van der Waals surface area contributed by atoms with Crippen molar-refractivity contribution in [3.05, 3.63) is 0 Å². The van der Waals surface area contributed by atoms with Gasteiger partial charge in [0.15, 0.2) is 0 Å². The van der Waals surface area contributed by atoms with E-state index in [-0.39, 0.29) is 11.2 Å². The largest absolute Gasteiger partial charge is 0.339 e. The number of hydrogen-bond acceptors (Lipinski definition) is 6. The smallest absolute Gasteiger partial charge is 0.235 e. The molecular formula is C12H20N6OS. The van der Waals surface area contributed by atoms with Crippen LogP contribution in [-0.2, 0) is 4.79 Å². The number of aromatic nitrogens is 4. The highest BCUT2D eigenvalue weighted by molar-refractivity contribution is 8.00. The van der Waals surface area contributed by atoms with Gasteiger partial charge in [-0.25, -0.2) is 4.68 Å². The Kier molecular flexibility index (Phi) is 3.93. The Morgan fingerprint density at radius 1 is 1.30 bits per heavy atom. The predicted molar refractivity (Wildman–Crippen MR) is 75.5 cm³/mol. The van der Waals surface area contributed by atoms with Gasteiger partial charge in [-0.2, -0.15) is 0 Å². The summed E-state index contributed by atoms with van der Waals surface area (Å²) in [4.78, 5) is 16.6. The molecule has 2 fully saturated rings. The average Bonchev–Trinajstić information content (AvgIpc) is 3.19. The predicted octanol–water partition coefficient (Wildman–Crippen LogP) is 0.263. The molecule has 1 atom stereocenters. The zero-order valence-electron chi connectivity index (χ0n) is 11.9. The molecule has 1 aliphatic heterocycles. The third kappa shape index (κ3) is 2.95.